The lowest BCUT2D eigenvalue weighted by molar-refractivity contribution is -0.174. The number of aromatic nitrogens is 2. The summed E-state index contributed by atoms with van der Waals surface area (Å²) < 4.78 is 21.0. The van der Waals surface area contributed by atoms with E-state index in [0.29, 0.717) is 37.1 Å². The van der Waals surface area contributed by atoms with Crippen molar-refractivity contribution in [1.29, 1.82) is 0 Å². The van der Waals surface area contributed by atoms with Crippen LogP contribution in [0.25, 0.3) is 5.69 Å². The van der Waals surface area contributed by atoms with Gasteiger partial charge in [0, 0.05) is 24.6 Å². The number of hydrogen-bond acceptors (Lipinski definition) is 4. The van der Waals surface area contributed by atoms with E-state index in [2.05, 4.69) is 4.98 Å². The molecule has 0 spiro atoms. The zero-order valence-electron chi connectivity index (χ0n) is 19.1. The zero-order valence-corrected chi connectivity index (χ0v) is 19.1. The van der Waals surface area contributed by atoms with Gasteiger partial charge in [0.15, 0.2) is 0 Å². The van der Waals surface area contributed by atoms with E-state index < -0.39 is 0 Å². The van der Waals surface area contributed by atoms with Gasteiger partial charge in [0.1, 0.15) is 11.6 Å². The van der Waals surface area contributed by atoms with Gasteiger partial charge in [-0.2, -0.15) is 0 Å². The number of imidazole rings is 1. The largest absolute Gasteiger partial charge is 0.495 e. The zero-order chi connectivity index (χ0) is 23.8. The van der Waals surface area contributed by atoms with E-state index >= 15 is 0 Å². The molecule has 0 N–H and O–H groups in total. The average molecular weight is 461 g/mol. The Labute approximate surface area is 197 Å². The Morgan fingerprint density at radius 1 is 1.15 bits per heavy atom. The molecule has 8 heteroatoms. The number of hydrogen-bond donors (Lipinski definition) is 0. The molecule has 1 saturated heterocycles. The van der Waals surface area contributed by atoms with E-state index in [0.717, 1.165) is 22.5 Å². The predicted octanol–water partition coefficient (Wildman–Crippen LogP) is 3.92. The fraction of sp³-hybridized carbons (Fsp3) is 0.269. The maximum absolute atomic E-state index is 13.6. The van der Waals surface area contributed by atoms with Crippen LogP contribution in [0.4, 0.5) is 4.39 Å². The molecular weight excluding hydrogens is 435 g/mol. The number of hydrazine groups is 1. The summed E-state index contributed by atoms with van der Waals surface area (Å²) in [5, 5.41) is 3.06. The van der Waals surface area contributed by atoms with Gasteiger partial charge in [0.2, 0.25) is 5.91 Å². The number of aryl methyl sites for hydroxylation is 1. The minimum atomic E-state index is -0.332. The molecule has 3 aromatic rings. The van der Waals surface area contributed by atoms with Crippen molar-refractivity contribution in [2.75, 3.05) is 13.7 Å². The van der Waals surface area contributed by atoms with Crippen LogP contribution in [0.3, 0.4) is 0 Å². The lowest BCUT2D eigenvalue weighted by atomic mass is 9.95. The van der Waals surface area contributed by atoms with Gasteiger partial charge in [-0.25, -0.2) is 19.4 Å². The molecule has 1 atom stereocenters. The number of methoxy groups -OCH3 is 1. The first-order chi connectivity index (χ1) is 16.4. The maximum Gasteiger partial charge on any atom is 0.269 e. The van der Waals surface area contributed by atoms with Gasteiger partial charge in [-0.15, -0.1) is 0 Å². The Hall–Kier alpha value is -3.94. The number of benzene rings is 2. The molecule has 1 fully saturated rings. The highest BCUT2D eigenvalue weighted by atomic mass is 19.1. The maximum atomic E-state index is 13.6. The molecule has 1 unspecified atom stereocenters. The molecule has 0 saturated carbocycles. The Balaban J connectivity index is 1.42. The lowest BCUT2D eigenvalue weighted by Gasteiger charge is -2.46. The summed E-state index contributed by atoms with van der Waals surface area (Å²) in [6, 6.07) is 11.7. The predicted molar refractivity (Wildman–Crippen MR) is 124 cm³/mol. The molecule has 7 nitrogen and oxygen atoms in total. The molecule has 5 rings (SSSR count). The number of carbonyl (C=O) groups is 2. The number of fused-ring (bicyclic) bond motifs is 1. The number of rotatable bonds is 5. The molecule has 2 amide bonds. The molecule has 0 radical (unpaired) electrons. The van der Waals surface area contributed by atoms with E-state index in [-0.39, 0.29) is 23.7 Å². The van der Waals surface area contributed by atoms with Crippen LogP contribution in [0, 0.1) is 12.7 Å². The Morgan fingerprint density at radius 2 is 1.94 bits per heavy atom. The summed E-state index contributed by atoms with van der Waals surface area (Å²) >= 11 is 0. The topological polar surface area (TPSA) is 67.7 Å². The summed E-state index contributed by atoms with van der Waals surface area (Å²) in [6.07, 6.45) is 6.74. The molecular formula is C26H25FN4O3. The summed E-state index contributed by atoms with van der Waals surface area (Å²) in [6.45, 7) is 2.26. The molecule has 0 aliphatic carbocycles. The smallest absolute Gasteiger partial charge is 0.269 e. The molecule has 2 aliphatic rings. The van der Waals surface area contributed by atoms with E-state index in [9.17, 15) is 14.0 Å². The molecule has 0 bridgehead atoms. The first-order valence-corrected chi connectivity index (χ1v) is 11.2. The van der Waals surface area contributed by atoms with Gasteiger partial charge in [-0.3, -0.25) is 9.59 Å². The van der Waals surface area contributed by atoms with Crippen LogP contribution in [-0.4, -0.2) is 45.0 Å². The lowest BCUT2D eigenvalue weighted by Crippen LogP contribution is -2.57. The molecule has 3 heterocycles. The second-order valence-corrected chi connectivity index (χ2v) is 8.57. The first-order valence-electron chi connectivity index (χ1n) is 11.2. The second kappa shape index (κ2) is 8.78. The average Bonchev–Trinajstić information content (AvgIpc) is 3.28. The standard InChI is InChI=1S/C26H25FN4O3/c1-17-15-29(16-28-17)23-8-3-18(14-24(23)34-2)13-20-11-12-30-25(32)10-9-22(31(30)26(20)33)19-4-6-21(27)7-5-19/h3-8,11,14-16,22H,9-10,12-13H2,1-2H3. The van der Waals surface area contributed by atoms with Gasteiger partial charge >= 0.3 is 0 Å². The SMILES string of the molecule is COc1cc(CC2=CCN3C(=O)CCC(c4ccc(F)cc4)N3C2=O)ccc1-n1cnc(C)c1. The van der Waals surface area contributed by atoms with Gasteiger partial charge in [0.05, 0.1) is 37.4 Å². The van der Waals surface area contributed by atoms with E-state index in [1.54, 1.807) is 30.6 Å². The summed E-state index contributed by atoms with van der Waals surface area (Å²) in [5.41, 5.74) is 4.12. The third kappa shape index (κ3) is 3.96. The highest BCUT2D eigenvalue weighted by Crippen LogP contribution is 2.36. The van der Waals surface area contributed by atoms with E-state index in [1.165, 1.54) is 17.1 Å². The fourth-order valence-corrected chi connectivity index (χ4v) is 4.63. The minimum absolute atomic E-state index is 0.0799. The number of amides is 2. The van der Waals surface area contributed by atoms with Crippen LogP contribution in [0.5, 0.6) is 5.75 Å². The van der Waals surface area contributed by atoms with Crippen LogP contribution in [-0.2, 0) is 16.0 Å². The Bertz CT molecular complexity index is 1280. The van der Waals surface area contributed by atoms with Gasteiger partial charge < -0.3 is 9.30 Å². The summed E-state index contributed by atoms with van der Waals surface area (Å²) in [7, 11) is 1.61. The van der Waals surface area contributed by atoms with Crippen molar-refractivity contribution < 1.29 is 18.7 Å². The Kier molecular flexibility index (Phi) is 5.65. The molecule has 2 aliphatic heterocycles. The van der Waals surface area contributed by atoms with E-state index in [1.807, 2.05) is 42.0 Å². The molecule has 34 heavy (non-hydrogen) atoms. The number of ether oxygens (including phenoxy) is 1. The summed E-state index contributed by atoms with van der Waals surface area (Å²) in [5.74, 6) is 0.0598. The number of nitrogens with zero attached hydrogens (tertiary/aromatic N) is 4. The van der Waals surface area contributed by atoms with Gasteiger partial charge in [0.25, 0.3) is 5.91 Å². The molecule has 174 valence electrons. The van der Waals surface area contributed by atoms with Gasteiger partial charge in [-0.1, -0.05) is 24.3 Å². The monoisotopic (exact) mass is 460 g/mol. The van der Waals surface area contributed by atoms with Crippen molar-refractivity contribution >= 4 is 11.8 Å². The van der Waals surface area contributed by atoms with Crippen LogP contribution in [0.2, 0.25) is 0 Å². The number of halogens is 1. The van der Waals surface area contributed by atoms with Crippen LogP contribution in [0.1, 0.15) is 35.7 Å². The van der Waals surface area contributed by atoms with Crippen LogP contribution >= 0.6 is 0 Å². The van der Waals surface area contributed by atoms with Gasteiger partial charge in [-0.05, 0) is 48.7 Å². The Morgan fingerprint density at radius 3 is 2.65 bits per heavy atom. The van der Waals surface area contributed by atoms with Crippen LogP contribution < -0.4 is 4.74 Å². The third-order valence-corrected chi connectivity index (χ3v) is 6.35. The molecule has 2 aromatic carbocycles. The van der Waals surface area contributed by atoms with Crippen molar-refractivity contribution in [3.05, 3.63) is 89.3 Å². The van der Waals surface area contributed by atoms with Crippen molar-refractivity contribution in [3.63, 3.8) is 0 Å². The van der Waals surface area contributed by atoms with E-state index in [4.69, 9.17) is 4.74 Å². The van der Waals surface area contributed by atoms with Crippen molar-refractivity contribution in [1.82, 2.24) is 19.6 Å². The summed E-state index contributed by atoms with van der Waals surface area (Å²) in [4.78, 5) is 30.4. The quantitative estimate of drug-likeness (QED) is 0.579. The highest BCUT2D eigenvalue weighted by molar-refractivity contribution is 5.97. The highest BCUT2D eigenvalue weighted by Gasteiger charge is 2.40. The fourth-order valence-electron chi connectivity index (χ4n) is 4.63. The van der Waals surface area contributed by atoms with Crippen molar-refractivity contribution in [2.45, 2.75) is 32.2 Å². The first kappa shape index (κ1) is 21.9. The van der Waals surface area contributed by atoms with Crippen molar-refractivity contribution in [3.8, 4) is 11.4 Å². The minimum Gasteiger partial charge on any atom is -0.495 e. The van der Waals surface area contributed by atoms with Crippen molar-refractivity contribution in [2.24, 2.45) is 0 Å². The molecule has 1 aromatic heterocycles. The van der Waals surface area contributed by atoms with Crippen LogP contribution in [0.15, 0.2) is 66.6 Å². The second-order valence-electron chi connectivity index (χ2n) is 8.57. The normalized spacial score (nSPS) is 18.1. The number of carbonyl (C=O) groups excluding carboxylic acids is 2. The third-order valence-electron chi connectivity index (χ3n) is 6.35.